The fraction of sp³-hybridized carbons (Fsp3) is 0.208. The SMILES string of the molecule is CCOC(=O)C1=C(C(F)(F)F)N=c2s/c(=C\c3cc(OC)ccc3Br)c(=O)n2[C@@H]1c1ccc(Cl)cc1. The Hall–Kier alpha value is -2.89. The van der Waals surface area contributed by atoms with Gasteiger partial charge in [-0.1, -0.05) is 51.0 Å². The topological polar surface area (TPSA) is 69.9 Å². The van der Waals surface area contributed by atoms with Crippen molar-refractivity contribution in [3.8, 4) is 5.75 Å². The van der Waals surface area contributed by atoms with Gasteiger partial charge in [0.05, 0.1) is 29.9 Å². The van der Waals surface area contributed by atoms with Crippen LogP contribution < -0.4 is 19.6 Å². The zero-order valence-electron chi connectivity index (χ0n) is 18.7. The van der Waals surface area contributed by atoms with Crippen LogP contribution in [0.5, 0.6) is 5.75 Å². The number of ether oxygens (including phenoxy) is 2. The van der Waals surface area contributed by atoms with E-state index in [2.05, 4.69) is 20.9 Å². The Kier molecular flexibility index (Phi) is 7.44. The Morgan fingerprint density at radius 1 is 1.25 bits per heavy atom. The number of aromatic nitrogens is 1. The maximum absolute atomic E-state index is 14.1. The summed E-state index contributed by atoms with van der Waals surface area (Å²) in [6.07, 6.45) is -3.45. The smallest absolute Gasteiger partial charge is 0.434 e. The van der Waals surface area contributed by atoms with Gasteiger partial charge in [0, 0.05) is 9.50 Å². The number of fused-ring (bicyclic) bond motifs is 1. The van der Waals surface area contributed by atoms with E-state index in [9.17, 15) is 22.8 Å². The van der Waals surface area contributed by atoms with Gasteiger partial charge < -0.3 is 9.47 Å². The van der Waals surface area contributed by atoms with Crippen molar-refractivity contribution < 1.29 is 27.4 Å². The average molecular weight is 602 g/mol. The van der Waals surface area contributed by atoms with E-state index >= 15 is 0 Å². The van der Waals surface area contributed by atoms with Gasteiger partial charge in [-0.2, -0.15) is 13.2 Å². The van der Waals surface area contributed by atoms with Gasteiger partial charge >= 0.3 is 12.1 Å². The Labute approximate surface area is 220 Å². The molecular weight excluding hydrogens is 585 g/mol. The lowest BCUT2D eigenvalue weighted by Gasteiger charge is -2.26. The highest BCUT2D eigenvalue weighted by molar-refractivity contribution is 9.10. The number of hydrogen-bond donors (Lipinski definition) is 0. The highest BCUT2D eigenvalue weighted by Crippen LogP contribution is 2.38. The first kappa shape index (κ1) is 26.2. The van der Waals surface area contributed by atoms with Crippen LogP contribution in [-0.4, -0.2) is 30.4 Å². The van der Waals surface area contributed by atoms with Crippen LogP contribution in [0.2, 0.25) is 5.02 Å². The van der Waals surface area contributed by atoms with Crippen LogP contribution in [0.4, 0.5) is 13.2 Å². The molecule has 0 amide bonds. The molecule has 1 atom stereocenters. The molecule has 2 heterocycles. The standard InChI is InChI=1S/C24H17BrClF3N2O4S/c1-3-35-22(33)18-19(12-4-6-14(26)7-5-12)31-21(32)17(36-23(31)30-20(18)24(27,28)29)11-13-10-15(34-2)8-9-16(13)25/h4-11,19H,3H2,1-2H3/b17-11-/t19-/m1/s1. The largest absolute Gasteiger partial charge is 0.497 e. The van der Waals surface area contributed by atoms with Gasteiger partial charge in [-0.25, -0.2) is 9.79 Å². The Bertz CT molecular complexity index is 1550. The third-order valence-corrected chi connectivity index (χ3v) is 7.23. The van der Waals surface area contributed by atoms with Gasteiger partial charge in [0.15, 0.2) is 10.5 Å². The Balaban J connectivity index is 2.05. The maximum atomic E-state index is 14.1. The second kappa shape index (κ2) is 10.2. The molecule has 0 fully saturated rings. The third-order valence-electron chi connectivity index (χ3n) is 5.27. The normalized spacial score (nSPS) is 16.0. The van der Waals surface area contributed by atoms with Crippen molar-refractivity contribution in [3.05, 3.63) is 94.0 Å². The number of carbonyl (C=O) groups excluding carboxylic acids is 1. The molecule has 3 aromatic rings. The first-order chi connectivity index (χ1) is 17.0. The average Bonchev–Trinajstić information content (AvgIpc) is 3.14. The summed E-state index contributed by atoms with van der Waals surface area (Å²) in [6.45, 7) is 1.32. The summed E-state index contributed by atoms with van der Waals surface area (Å²) < 4.78 is 54.4. The number of carbonyl (C=O) groups is 1. The summed E-state index contributed by atoms with van der Waals surface area (Å²) in [7, 11) is 1.49. The second-order valence-corrected chi connectivity index (χ2v) is 9.80. The van der Waals surface area contributed by atoms with Crippen molar-refractivity contribution in [1.82, 2.24) is 4.57 Å². The summed E-state index contributed by atoms with van der Waals surface area (Å²) >= 11 is 10.2. The van der Waals surface area contributed by atoms with Crippen molar-refractivity contribution in [2.24, 2.45) is 4.99 Å². The van der Waals surface area contributed by atoms with Crippen molar-refractivity contribution in [1.29, 1.82) is 0 Å². The number of allylic oxidation sites excluding steroid dienone is 1. The summed E-state index contributed by atoms with van der Waals surface area (Å²) in [5, 5.41) is 0.340. The molecule has 4 rings (SSSR count). The molecule has 1 aliphatic rings. The quantitative estimate of drug-likeness (QED) is 0.396. The molecule has 2 aromatic carbocycles. The molecule has 0 N–H and O–H groups in total. The lowest BCUT2D eigenvalue weighted by atomic mass is 9.95. The van der Waals surface area contributed by atoms with E-state index in [0.29, 0.717) is 20.8 Å². The van der Waals surface area contributed by atoms with E-state index < -0.39 is 35.0 Å². The highest BCUT2D eigenvalue weighted by atomic mass is 79.9. The molecule has 188 valence electrons. The molecule has 0 bridgehead atoms. The molecule has 0 saturated carbocycles. The first-order valence-electron chi connectivity index (χ1n) is 10.4. The monoisotopic (exact) mass is 600 g/mol. The van der Waals surface area contributed by atoms with Gasteiger partial charge in [0.25, 0.3) is 5.56 Å². The number of alkyl halides is 3. The molecule has 1 aliphatic heterocycles. The number of nitrogens with zero attached hydrogens (tertiary/aromatic N) is 2. The first-order valence-corrected chi connectivity index (χ1v) is 12.4. The van der Waals surface area contributed by atoms with Crippen LogP contribution in [0.15, 0.2) is 68.0 Å². The number of hydrogen-bond acceptors (Lipinski definition) is 6. The Morgan fingerprint density at radius 3 is 2.56 bits per heavy atom. The molecule has 0 radical (unpaired) electrons. The van der Waals surface area contributed by atoms with Gasteiger partial charge in [0.1, 0.15) is 5.75 Å². The lowest BCUT2D eigenvalue weighted by molar-refractivity contribution is -0.140. The van der Waals surface area contributed by atoms with E-state index in [0.717, 1.165) is 15.9 Å². The van der Waals surface area contributed by atoms with E-state index in [1.165, 1.54) is 44.4 Å². The third kappa shape index (κ3) is 5.00. The number of halogens is 5. The van der Waals surface area contributed by atoms with E-state index in [1.54, 1.807) is 18.2 Å². The molecule has 6 nitrogen and oxygen atoms in total. The van der Waals surface area contributed by atoms with Crippen LogP contribution in [0.25, 0.3) is 6.08 Å². The number of benzene rings is 2. The molecule has 0 unspecified atom stereocenters. The van der Waals surface area contributed by atoms with E-state index in [1.807, 2.05) is 0 Å². The summed E-state index contributed by atoms with van der Waals surface area (Å²) in [5.74, 6) is -0.682. The summed E-state index contributed by atoms with van der Waals surface area (Å²) in [6, 6.07) is 9.54. The Morgan fingerprint density at radius 2 is 1.94 bits per heavy atom. The number of rotatable bonds is 5. The molecule has 12 heteroatoms. The van der Waals surface area contributed by atoms with Gasteiger partial charge in [-0.05, 0) is 54.5 Å². The lowest BCUT2D eigenvalue weighted by Crippen LogP contribution is -2.41. The molecule has 36 heavy (non-hydrogen) atoms. The fourth-order valence-corrected chi connectivity index (χ4v) is 5.18. The minimum Gasteiger partial charge on any atom is -0.497 e. The highest BCUT2D eigenvalue weighted by Gasteiger charge is 2.45. The van der Waals surface area contributed by atoms with Crippen LogP contribution in [0.3, 0.4) is 0 Å². The number of methoxy groups -OCH3 is 1. The second-order valence-electron chi connectivity index (χ2n) is 7.50. The van der Waals surface area contributed by atoms with E-state index in [-0.39, 0.29) is 21.5 Å². The van der Waals surface area contributed by atoms with Gasteiger partial charge in [-0.3, -0.25) is 9.36 Å². The van der Waals surface area contributed by atoms with Crippen LogP contribution in [0.1, 0.15) is 24.1 Å². The molecule has 0 spiro atoms. The molecular formula is C24H17BrClF3N2O4S. The van der Waals surface area contributed by atoms with Crippen molar-refractivity contribution in [2.45, 2.75) is 19.1 Å². The van der Waals surface area contributed by atoms with Crippen LogP contribution in [-0.2, 0) is 9.53 Å². The van der Waals surface area contributed by atoms with Crippen molar-refractivity contribution in [3.63, 3.8) is 0 Å². The zero-order chi connectivity index (χ0) is 26.2. The molecule has 0 aliphatic carbocycles. The predicted octanol–water partition coefficient (Wildman–Crippen LogP) is 4.77. The van der Waals surface area contributed by atoms with Gasteiger partial charge in [-0.15, -0.1) is 0 Å². The zero-order valence-corrected chi connectivity index (χ0v) is 21.9. The molecule has 0 saturated heterocycles. The minimum absolute atomic E-state index is 0.119. The van der Waals surface area contributed by atoms with Crippen LogP contribution in [0, 0.1) is 0 Å². The maximum Gasteiger partial charge on any atom is 0.434 e. The number of esters is 1. The van der Waals surface area contributed by atoms with Crippen molar-refractivity contribution >= 4 is 50.9 Å². The van der Waals surface area contributed by atoms with Gasteiger partial charge in [0.2, 0.25) is 0 Å². The van der Waals surface area contributed by atoms with Crippen LogP contribution >= 0.6 is 38.9 Å². The predicted molar refractivity (Wildman–Crippen MR) is 133 cm³/mol. The molecule has 1 aromatic heterocycles. The summed E-state index contributed by atoms with van der Waals surface area (Å²) in [5.41, 5.74) is -1.97. The minimum atomic E-state index is -4.97. The fourth-order valence-electron chi connectivity index (χ4n) is 3.70. The number of thiazole rings is 1. The van der Waals surface area contributed by atoms with Crippen molar-refractivity contribution in [2.75, 3.05) is 13.7 Å². The van der Waals surface area contributed by atoms with E-state index in [4.69, 9.17) is 21.1 Å². The summed E-state index contributed by atoms with van der Waals surface area (Å²) in [4.78, 5) is 29.9.